The zero-order valence-corrected chi connectivity index (χ0v) is 20.7. The number of hydrogen-bond acceptors (Lipinski definition) is 5. The molecule has 182 valence electrons. The van der Waals surface area contributed by atoms with Crippen molar-refractivity contribution in [2.75, 3.05) is 77.1 Å². The summed E-state index contributed by atoms with van der Waals surface area (Å²) in [5.74, 6) is 0.515. The number of morpholine rings is 2. The van der Waals surface area contributed by atoms with E-state index in [0.717, 1.165) is 32.8 Å². The fraction of sp³-hybridized carbons (Fsp3) is 0.667. The highest BCUT2D eigenvalue weighted by Gasteiger charge is 2.34. The lowest BCUT2D eigenvalue weighted by molar-refractivity contribution is -0.138. The highest BCUT2D eigenvalue weighted by Crippen LogP contribution is 2.35. The Hall–Kier alpha value is -1.31. The molecule has 7 nitrogen and oxygen atoms in total. The molecule has 0 bridgehead atoms. The summed E-state index contributed by atoms with van der Waals surface area (Å²) in [6, 6.07) is 4.51. The summed E-state index contributed by atoms with van der Waals surface area (Å²) in [5.41, 5.74) is 0.0956. The van der Waals surface area contributed by atoms with Gasteiger partial charge in [-0.05, 0) is 24.6 Å². The van der Waals surface area contributed by atoms with Crippen LogP contribution >= 0.6 is 24.0 Å². The molecule has 0 saturated carbocycles. The van der Waals surface area contributed by atoms with E-state index >= 15 is 0 Å². The number of benzene rings is 1. The summed E-state index contributed by atoms with van der Waals surface area (Å²) in [5, 5.41) is 6.32. The Labute approximate surface area is 204 Å². The average molecular weight is 571 g/mol. The summed E-state index contributed by atoms with van der Waals surface area (Å²) >= 11 is 0. The van der Waals surface area contributed by atoms with Gasteiger partial charge in [0.1, 0.15) is 0 Å². The molecule has 3 rings (SSSR count). The lowest BCUT2D eigenvalue weighted by Gasteiger charge is -2.29. The maximum absolute atomic E-state index is 13.7. The lowest BCUT2D eigenvalue weighted by atomic mass is 10.1. The Balaban J connectivity index is 0.00000363. The minimum absolute atomic E-state index is 0. The van der Waals surface area contributed by atoms with Gasteiger partial charge in [-0.25, -0.2) is 4.99 Å². The first-order valence-corrected chi connectivity index (χ1v) is 10.8. The lowest BCUT2D eigenvalue weighted by Crippen LogP contribution is -2.44. The molecule has 0 amide bonds. The maximum atomic E-state index is 13.7. The normalized spacial score (nSPS) is 18.2. The van der Waals surface area contributed by atoms with Crippen molar-refractivity contribution in [3.63, 3.8) is 0 Å². The number of rotatable bonds is 7. The summed E-state index contributed by atoms with van der Waals surface area (Å²) < 4.78 is 51.8. The number of ether oxygens (including phenoxy) is 2. The second-order valence-corrected chi connectivity index (χ2v) is 7.51. The molecule has 0 spiro atoms. The highest BCUT2D eigenvalue weighted by atomic mass is 127. The first kappa shape index (κ1) is 26.9. The van der Waals surface area contributed by atoms with Crippen LogP contribution in [0.15, 0.2) is 23.2 Å². The molecule has 1 aromatic rings. The van der Waals surface area contributed by atoms with Gasteiger partial charge in [-0.15, -0.1) is 24.0 Å². The topological polar surface area (TPSA) is 61.4 Å². The van der Waals surface area contributed by atoms with Crippen molar-refractivity contribution in [2.45, 2.75) is 19.6 Å². The van der Waals surface area contributed by atoms with Gasteiger partial charge in [0.05, 0.1) is 38.5 Å². The van der Waals surface area contributed by atoms with Crippen molar-refractivity contribution in [2.24, 2.45) is 4.99 Å². The smallest absolute Gasteiger partial charge is 0.379 e. The molecule has 0 aromatic heterocycles. The Morgan fingerprint density at radius 1 is 1.03 bits per heavy atom. The second kappa shape index (κ2) is 13.4. The number of aliphatic imine (C=N–C) groups is 1. The van der Waals surface area contributed by atoms with E-state index in [1.165, 1.54) is 12.1 Å². The molecule has 2 aliphatic heterocycles. The summed E-state index contributed by atoms with van der Waals surface area (Å²) in [6.45, 7) is 9.46. The molecule has 0 atom stereocenters. The minimum atomic E-state index is -4.44. The molecule has 0 aliphatic carbocycles. The van der Waals surface area contributed by atoms with Gasteiger partial charge in [0.15, 0.2) is 5.96 Å². The molecule has 0 radical (unpaired) electrons. The van der Waals surface area contributed by atoms with Crippen LogP contribution in [0.3, 0.4) is 0 Å². The summed E-state index contributed by atoms with van der Waals surface area (Å²) in [4.78, 5) is 8.60. The predicted octanol–water partition coefficient (Wildman–Crippen LogP) is 2.55. The van der Waals surface area contributed by atoms with Crippen molar-refractivity contribution < 1.29 is 22.6 Å². The van der Waals surface area contributed by atoms with Crippen LogP contribution in [0.2, 0.25) is 0 Å². The molecule has 2 saturated heterocycles. The van der Waals surface area contributed by atoms with Crippen molar-refractivity contribution in [3.8, 4) is 0 Å². The Morgan fingerprint density at radius 3 is 2.31 bits per heavy atom. The number of nitrogens with zero attached hydrogens (tertiary/aromatic N) is 3. The van der Waals surface area contributed by atoms with Crippen LogP contribution in [-0.2, 0) is 22.2 Å². The first-order chi connectivity index (χ1) is 15.0. The number of anilines is 1. The van der Waals surface area contributed by atoms with Crippen LogP contribution in [0.4, 0.5) is 18.9 Å². The second-order valence-electron chi connectivity index (χ2n) is 7.51. The van der Waals surface area contributed by atoms with Crippen LogP contribution in [-0.4, -0.2) is 83.1 Å². The number of nitrogens with one attached hydrogen (secondary N) is 2. The minimum Gasteiger partial charge on any atom is -0.379 e. The van der Waals surface area contributed by atoms with Gasteiger partial charge in [-0.3, -0.25) is 4.90 Å². The number of halogens is 4. The standard InChI is InChI=1S/C21H32F3N5O2.HI/c1-2-25-20(26-5-6-28-7-11-30-12-8-28)27-16-17-3-4-18(15-19(17)21(22,23)24)29-9-13-31-14-10-29;/h3-4,15H,2,5-14,16H2,1H3,(H2,25,26,27);1H. The third kappa shape index (κ3) is 8.23. The predicted molar refractivity (Wildman–Crippen MR) is 130 cm³/mol. The van der Waals surface area contributed by atoms with E-state index in [1.807, 2.05) is 11.8 Å². The van der Waals surface area contributed by atoms with Gasteiger partial charge < -0.3 is 25.0 Å². The van der Waals surface area contributed by atoms with Gasteiger partial charge in [0.25, 0.3) is 0 Å². The van der Waals surface area contributed by atoms with E-state index in [4.69, 9.17) is 9.47 Å². The van der Waals surface area contributed by atoms with Crippen molar-refractivity contribution in [1.82, 2.24) is 15.5 Å². The van der Waals surface area contributed by atoms with Crippen LogP contribution < -0.4 is 15.5 Å². The van der Waals surface area contributed by atoms with Gasteiger partial charge in [0.2, 0.25) is 0 Å². The SMILES string of the molecule is CCNC(=NCc1ccc(N2CCOCC2)cc1C(F)(F)F)NCCN1CCOCC1.I. The first-order valence-electron chi connectivity index (χ1n) is 10.8. The van der Waals surface area contributed by atoms with E-state index < -0.39 is 11.7 Å². The third-order valence-corrected chi connectivity index (χ3v) is 5.35. The Kier molecular flexibility index (Phi) is 11.3. The molecule has 11 heteroatoms. The number of hydrogen-bond donors (Lipinski definition) is 2. The molecule has 2 N–H and O–H groups in total. The van der Waals surface area contributed by atoms with Crippen molar-refractivity contribution in [1.29, 1.82) is 0 Å². The van der Waals surface area contributed by atoms with Gasteiger partial charge in [-0.2, -0.15) is 13.2 Å². The van der Waals surface area contributed by atoms with Crippen LogP contribution in [0.1, 0.15) is 18.1 Å². The van der Waals surface area contributed by atoms with E-state index in [0.29, 0.717) is 51.0 Å². The molecule has 2 heterocycles. The molecular weight excluding hydrogens is 538 g/mol. The molecule has 32 heavy (non-hydrogen) atoms. The molecule has 2 aliphatic rings. The Morgan fingerprint density at radius 2 is 1.69 bits per heavy atom. The largest absolute Gasteiger partial charge is 0.416 e. The highest BCUT2D eigenvalue weighted by molar-refractivity contribution is 14.0. The monoisotopic (exact) mass is 571 g/mol. The molecule has 1 aromatic carbocycles. The number of alkyl halides is 3. The zero-order valence-electron chi connectivity index (χ0n) is 18.4. The van der Waals surface area contributed by atoms with Crippen molar-refractivity contribution >= 4 is 35.6 Å². The van der Waals surface area contributed by atoms with Crippen LogP contribution in [0, 0.1) is 0 Å². The average Bonchev–Trinajstić information content (AvgIpc) is 2.78. The zero-order chi connectivity index (χ0) is 22.1. The van der Waals surface area contributed by atoms with E-state index in [-0.39, 0.29) is 36.1 Å². The fourth-order valence-electron chi connectivity index (χ4n) is 3.65. The van der Waals surface area contributed by atoms with Crippen LogP contribution in [0.5, 0.6) is 0 Å². The van der Waals surface area contributed by atoms with Crippen molar-refractivity contribution in [3.05, 3.63) is 29.3 Å². The summed E-state index contributed by atoms with van der Waals surface area (Å²) in [7, 11) is 0. The number of guanidine groups is 1. The van der Waals surface area contributed by atoms with E-state index in [2.05, 4.69) is 20.5 Å². The van der Waals surface area contributed by atoms with Gasteiger partial charge in [-0.1, -0.05) is 6.07 Å². The molecular formula is C21H33F3IN5O2. The maximum Gasteiger partial charge on any atom is 0.416 e. The summed E-state index contributed by atoms with van der Waals surface area (Å²) in [6.07, 6.45) is -4.44. The van der Waals surface area contributed by atoms with E-state index in [9.17, 15) is 13.2 Å². The van der Waals surface area contributed by atoms with Gasteiger partial charge >= 0.3 is 6.18 Å². The fourth-order valence-corrected chi connectivity index (χ4v) is 3.65. The Bertz CT molecular complexity index is 724. The van der Waals surface area contributed by atoms with Gasteiger partial charge in [0, 0.05) is 51.5 Å². The quantitative estimate of drug-likeness (QED) is 0.298. The molecule has 2 fully saturated rings. The third-order valence-electron chi connectivity index (χ3n) is 5.35. The molecule has 0 unspecified atom stereocenters. The van der Waals surface area contributed by atoms with Crippen LogP contribution in [0.25, 0.3) is 0 Å². The van der Waals surface area contributed by atoms with E-state index in [1.54, 1.807) is 6.07 Å².